The Hall–Kier alpha value is -2.49. The molecule has 0 spiro atoms. The first kappa shape index (κ1) is 21.8. The molecule has 28 heavy (non-hydrogen) atoms. The molecule has 4 nitrogen and oxygen atoms in total. The van der Waals surface area contributed by atoms with Crippen molar-refractivity contribution in [3.63, 3.8) is 0 Å². The molecule has 4 heteroatoms. The first-order chi connectivity index (χ1) is 13.6. The van der Waals surface area contributed by atoms with Crippen LogP contribution >= 0.6 is 0 Å². The van der Waals surface area contributed by atoms with E-state index >= 15 is 0 Å². The van der Waals surface area contributed by atoms with Gasteiger partial charge in [-0.15, -0.1) is 0 Å². The van der Waals surface area contributed by atoms with Gasteiger partial charge in [0, 0.05) is 12.3 Å². The highest BCUT2D eigenvalue weighted by molar-refractivity contribution is 5.69. The van der Waals surface area contributed by atoms with Crippen LogP contribution in [-0.2, 0) is 9.53 Å². The van der Waals surface area contributed by atoms with Gasteiger partial charge in [-0.05, 0) is 48.2 Å². The summed E-state index contributed by atoms with van der Waals surface area (Å²) in [5, 5.41) is 19.1. The maximum absolute atomic E-state index is 12.2. The van der Waals surface area contributed by atoms with Crippen molar-refractivity contribution < 1.29 is 19.7 Å². The van der Waals surface area contributed by atoms with Crippen LogP contribution in [0.2, 0.25) is 0 Å². The summed E-state index contributed by atoms with van der Waals surface area (Å²) in [6.45, 7) is 2.69. The minimum absolute atomic E-state index is 0.00259. The zero-order valence-electron chi connectivity index (χ0n) is 16.8. The molecule has 0 aliphatic rings. The van der Waals surface area contributed by atoms with Crippen LogP contribution in [0.4, 0.5) is 0 Å². The van der Waals surface area contributed by atoms with Gasteiger partial charge in [-0.1, -0.05) is 63.3 Å². The van der Waals surface area contributed by atoms with Crippen LogP contribution in [-0.4, -0.2) is 22.8 Å². The standard InChI is InChI=1S/C24H32O4/c1-2-3-4-5-6-7-18-28-24(27)17-16-23(19-8-12-21(25)13-9-19)20-10-14-22(26)15-11-20/h8-15,23,25-26H,2-7,16-18H2,1H3. The normalized spacial score (nSPS) is 10.9. The largest absolute Gasteiger partial charge is 0.508 e. The van der Waals surface area contributed by atoms with E-state index in [1.807, 2.05) is 24.3 Å². The number of hydrogen-bond donors (Lipinski definition) is 2. The van der Waals surface area contributed by atoms with E-state index in [1.54, 1.807) is 24.3 Å². The van der Waals surface area contributed by atoms with Gasteiger partial charge in [-0.2, -0.15) is 0 Å². The predicted molar refractivity (Wildman–Crippen MR) is 112 cm³/mol. The second-order valence-corrected chi connectivity index (χ2v) is 7.26. The number of esters is 1. The molecule has 0 aliphatic carbocycles. The molecule has 0 saturated carbocycles. The number of rotatable bonds is 12. The van der Waals surface area contributed by atoms with E-state index in [2.05, 4.69) is 6.92 Å². The predicted octanol–water partition coefficient (Wildman–Crippen LogP) is 5.91. The van der Waals surface area contributed by atoms with Crippen molar-refractivity contribution in [3.8, 4) is 11.5 Å². The van der Waals surface area contributed by atoms with Crippen LogP contribution in [0.3, 0.4) is 0 Å². The van der Waals surface area contributed by atoms with Gasteiger partial charge < -0.3 is 14.9 Å². The third kappa shape index (κ3) is 7.63. The smallest absolute Gasteiger partial charge is 0.305 e. The van der Waals surface area contributed by atoms with Gasteiger partial charge >= 0.3 is 5.97 Å². The van der Waals surface area contributed by atoms with Crippen LogP contribution in [0.25, 0.3) is 0 Å². The lowest BCUT2D eigenvalue weighted by atomic mass is 9.87. The third-order valence-electron chi connectivity index (χ3n) is 4.99. The fraction of sp³-hybridized carbons (Fsp3) is 0.458. The molecule has 0 aromatic heterocycles. The lowest BCUT2D eigenvalue weighted by Gasteiger charge is -2.18. The molecule has 0 atom stereocenters. The Morgan fingerprint density at radius 3 is 1.86 bits per heavy atom. The van der Waals surface area contributed by atoms with E-state index in [-0.39, 0.29) is 23.4 Å². The summed E-state index contributed by atoms with van der Waals surface area (Å²) in [6, 6.07) is 14.1. The highest BCUT2D eigenvalue weighted by atomic mass is 16.5. The molecular formula is C24H32O4. The molecule has 2 aromatic rings. The number of carbonyl (C=O) groups excluding carboxylic acids is 1. The second-order valence-electron chi connectivity index (χ2n) is 7.26. The Morgan fingerprint density at radius 1 is 0.821 bits per heavy atom. The summed E-state index contributed by atoms with van der Waals surface area (Å²) < 4.78 is 5.39. The molecule has 2 rings (SSSR count). The van der Waals surface area contributed by atoms with Crippen molar-refractivity contribution in [2.24, 2.45) is 0 Å². The molecule has 0 heterocycles. The zero-order valence-corrected chi connectivity index (χ0v) is 16.8. The number of aromatic hydroxyl groups is 2. The van der Waals surface area contributed by atoms with E-state index in [0.717, 1.165) is 24.0 Å². The fourth-order valence-corrected chi connectivity index (χ4v) is 3.34. The van der Waals surface area contributed by atoms with Gasteiger partial charge in [0.15, 0.2) is 0 Å². The molecule has 2 N–H and O–H groups in total. The SMILES string of the molecule is CCCCCCCCOC(=O)CCC(c1ccc(O)cc1)c1ccc(O)cc1. The van der Waals surface area contributed by atoms with Crippen molar-refractivity contribution in [3.05, 3.63) is 59.7 Å². The number of benzene rings is 2. The van der Waals surface area contributed by atoms with Crippen LogP contribution < -0.4 is 0 Å². The summed E-state index contributed by atoms with van der Waals surface area (Å²) in [7, 11) is 0. The summed E-state index contributed by atoms with van der Waals surface area (Å²) in [4.78, 5) is 12.2. The molecule has 0 aliphatic heterocycles. The lowest BCUT2D eigenvalue weighted by Crippen LogP contribution is -2.09. The van der Waals surface area contributed by atoms with Crippen molar-refractivity contribution >= 4 is 5.97 Å². The van der Waals surface area contributed by atoms with Crippen LogP contribution in [0.15, 0.2) is 48.5 Å². The average Bonchev–Trinajstić information content (AvgIpc) is 2.70. The van der Waals surface area contributed by atoms with Gasteiger partial charge in [0.05, 0.1) is 6.61 Å². The summed E-state index contributed by atoms with van der Waals surface area (Å²) >= 11 is 0. The molecule has 0 bridgehead atoms. The van der Waals surface area contributed by atoms with Gasteiger partial charge in [0.2, 0.25) is 0 Å². The molecule has 0 radical (unpaired) electrons. The molecule has 0 amide bonds. The number of phenolic OH excluding ortho intramolecular Hbond substituents is 2. The Kier molecular flexibility index (Phi) is 9.40. The topological polar surface area (TPSA) is 66.8 Å². The number of unbranched alkanes of at least 4 members (excludes halogenated alkanes) is 5. The van der Waals surface area contributed by atoms with Crippen molar-refractivity contribution in [2.75, 3.05) is 6.61 Å². The van der Waals surface area contributed by atoms with Crippen LogP contribution in [0.1, 0.15) is 75.3 Å². The minimum atomic E-state index is -0.170. The quantitative estimate of drug-likeness (QED) is 0.352. The zero-order chi connectivity index (χ0) is 20.2. The Morgan fingerprint density at radius 2 is 1.32 bits per heavy atom. The second kappa shape index (κ2) is 12.1. The van der Waals surface area contributed by atoms with Gasteiger partial charge in [-0.3, -0.25) is 4.79 Å². The highest BCUT2D eigenvalue weighted by Crippen LogP contribution is 2.31. The Labute approximate surface area is 168 Å². The lowest BCUT2D eigenvalue weighted by molar-refractivity contribution is -0.143. The van der Waals surface area contributed by atoms with Crippen LogP contribution in [0, 0.1) is 0 Å². The van der Waals surface area contributed by atoms with Crippen LogP contribution in [0.5, 0.6) is 11.5 Å². The van der Waals surface area contributed by atoms with Gasteiger partial charge in [0.1, 0.15) is 11.5 Å². The third-order valence-corrected chi connectivity index (χ3v) is 4.99. The maximum Gasteiger partial charge on any atom is 0.305 e. The van der Waals surface area contributed by atoms with Gasteiger partial charge in [-0.25, -0.2) is 0 Å². The van der Waals surface area contributed by atoms with Crippen molar-refractivity contribution in [1.82, 2.24) is 0 Å². The van der Waals surface area contributed by atoms with E-state index in [9.17, 15) is 15.0 Å². The van der Waals surface area contributed by atoms with E-state index in [4.69, 9.17) is 4.74 Å². The van der Waals surface area contributed by atoms with Crippen molar-refractivity contribution in [2.45, 2.75) is 64.2 Å². The molecule has 0 fully saturated rings. The molecular weight excluding hydrogens is 352 g/mol. The Bertz CT molecular complexity index is 646. The van der Waals surface area contributed by atoms with E-state index < -0.39 is 0 Å². The number of ether oxygens (including phenoxy) is 1. The maximum atomic E-state index is 12.2. The van der Waals surface area contributed by atoms with Crippen molar-refractivity contribution in [1.29, 1.82) is 0 Å². The minimum Gasteiger partial charge on any atom is -0.508 e. The number of carbonyl (C=O) groups is 1. The molecule has 0 unspecified atom stereocenters. The van der Waals surface area contributed by atoms with E-state index in [1.165, 1.54) is 25.7 Å². The fourth-order valence-electron chi connectivity index (χ4n) is 3.34. The number of hydrogen-bond acceptors (Lipinski definition) is 4. The molecule has 0 saturated heterocycles. The molecule has 2 aromatic carbocycles. The summed E-state index contributed by atoms with van der Waals surface area (Å²) in [5.41, 5.74) is 2.04. The molecule has 152 valence electrons. The summed E-state index contributed by atoms with van der Waals surface area (Å²) in [5.74, 6) is 0.261. The monoisotopic (exact) mass is 384 g/mol. The Balaban J connectivity index is 1.86. The average molecular weight is 385 g/mol. The number of phenols is 2. The first-order valence-electron chi connectivity index (χ1n) is 10.3. The highest BCUT2D eigenvalue weighted by Gasteiger charge is 2.17. The van der Waals surface area contributed by atoms with E-state index in [0.29, 0.717) is 19.4 Å². The summed E-state index contributed by atoms with van der Waals surface area (Å²) in [6.07, 6.45) is 7.95. The first-order valence-corrected chi connectivity index (χ1v) is 10.3. The van der Waals surface area contributed by atoms with Gasteiger partial charge in [0.25, 0.3) is 0 Å².